The first-order valence-electron chi connectivity index (χ1n) is 8.77. The molecule has 3 heterocycles. The van der Waals surface area contributed by atoms with Crippen molar-refractivity contribution in [2.45, 2.75) is 0 Å². The molecule has 0 saturated heterocycles. The van der Waals surface area contributed by atoms with Gasteiger partial charge in [0.2, 0.25) is 5.78 Å². The van der Waals surface area contributed by atoms with Crippen molar-refractivity contribution >= 4 is 33.7 Å². The SMILES string of the molecule is O=C(/C=C/c1ccc2c(c1)OCCO2)c1nccc2c1[nH]c1ccccc12. The predicted molar refractivity (Wildman–Crippen MR) is 104 cm³/mol. The number of ether oxygens (including phenoxy) is 2. The molecule has 1 aliphatic heterocycles. The summed E-state index contributed by atoms with van der Waals surface area (Å²) >= 11 is 0. The van der Waals surface area contributed by atoms with Crippen molar-refractivity contribution in [1.82, 2.24) is 9.97 Å². The van der Waals surface area contributed by atoms with E-state index < -0.39 is 0 Å². The first kappa shape index (κ1) is 15.6. The second-order valence-corrected chi connectivity index (χ2v) is 6.35. The van der Waals surface area contributed by atoms with Crippen molar-refractivity contribution in [3.63, 3.8) is 0 Å². The normalized spacial score (nSPS) is 13.5. The number of para-hydroxylation sites is 1. The van der Waals surface area contributed by atoms with Gasteiger partial charge in [0.15, 0.2) is 11.5 Å². The summed E-state index contributed by atoms with van der Waals surface area (Å²) in [7, 11) is 0. The molecule has 5 rings (SSSR count). The van der Waals surface area contributed by atoms with Crippen molar-refractivity contribution in [2.24, 2.45) is 0 Å². The molecular weight excluding hydrogens is 340 g/mol. The molecule has 4 aromatic rings. The Hall–Kier alpha value is -3.60. The maximum Gasteiger partial charge on any atom is 0.206 e. The van der Waals surface area contributed by atoms with E-state index in [1.54, 1.807) is 18.3 Å². The Morgan fingerprint density at radius 1 is 1.00 bits per heavy atom. The third-order valence-electron chi connectivity index (χ3n) is 4.65. The molecule has 5 heteroatoms. The van der Waals surface area contributed by atoms with Gasteiger partial charge in [0.1, 0.15) is 18.9 Å². The van der Waals surface area contributed by atoms with E-state index in [1.165, 1.54) is 0 Å². The Bertz CT molecular complexity index is 1210. The maximum atomic E-state index is 12.8. The zero-order chi connectivity index (χ0) is 18.2. The van der Waals surface area contributed by atoms with Gasteiger partial charge in [0, 0.05) is 22.5 Å². The van der Waals surface area contributed by atoms with Gasteiger partial charge in [-0.05, 0) is 35.9 Å². The van der Waals surface area contributed by atoms with Crippen LogP contribution in [-0.2, 0) is 0 Å². The number of H-pyrrole nitrogens is 1. The lowest BCUT2D eigenvalue weighted by Crippen LogP contribution is -2.15. The van der Waals surface area contributed by atoms with E-state index >= 15 is 0 Å². The van der Waals surface area contributed by atoms with Gasteiger partial charge in [0.05, 0.1) is 5.52 Å². The smallest absolute Gasteiger partial charge is 0.206 e. The number of hydrogen-bond acceptors (Lipinski definition) is 4. The average Bonchev–Trinajstić information content (AvgIpc) is 3.10. The number of hydrogen-bond donors (Lipinski definition) is 1. The van der Waals surface area contributed by atoms with Crippen LogP contribution in [0.25, 0.3) is 27.9 Å². The summed E-state index contributed by atoms with van der Waals surface area (Å²) in [5.41, 5.74) is 3.04. The third kappa shape index (κ3) is 2.73. The van der Waals surface area contributed by atoms with Crippen molar-refractivity contribution < 1.29 is 14.3 Å². The number of benzene rings is 2. The summed E-state index contributed by atoms with van der Waals surface area (Å²) in [6.07, 6.45) is 4.98. The molecule has 0 fully saturated rings. The second-order valence-electron chi connectivity index (χ2n) is 6.35. The highest BCUT2D eigenvalue weighted by Gasteiger charge is 2.14. The fourth-order valence-electron chi connectivity index (χ4n) is 3.38. The fourth-order valence-corrected chi connectivity index (χ4v) is 3.38. The fraction of sp³-hybridized carbons (Fsp3) is 0.0909. The number of aromatic amines is 1. The Morgan fingerprint density at radius 3 is 2.78 bits per heavy atom. The van der Waals surface area contributed by atoms with Gasteiger partial charge in [-0.3, -0.25) is 9.78 Å². The van der Waals surface area contributed by atoms with Crippen LogP contribution >= 0.6 is 0 Å². The minimum absolute atomic E-state index is 0.151. The number of aromatic nitrogens is 2. The summed E-state index contributed by atoms with van der Waals surface area (Å²) in [5.74, 6) is 1.28. The van der Waals surface area contributed by atoms with Gasteiger partial charge >= 0.3 is 0 Å². The number of allylic oxidation sites excluding steroid dienone is 1. The Kier molecular flexibility index (Phi) is 3.64. The highest BCUT2D eigenvalue weighted by atomic mass is 16.6. The lowest BCUT2D eigenvalue weighted by molar-refractivity contribution is 0.104. The molecule has 0 bridgehead atoms. The number of fused-ring (bicyclic) bond motifs is 4. The predicted octanol–water partition coefficient (Wildman–Crippen LogP) is 4.38. The van der Waals surface area contributed by atoms with Gasteiger partial charge in [-0.1, -0.05) is 30.3 Å². The monoisotopic (exact) mass is 356 g/mol. The maximum absolute atomic E-state index is 12.8. The second kappa shape index (κ2) is 6.29. The van der Waals surface area contributed by atoms with Gasteiger partial charge in [-0.2, -0.15) is 0 Å². The molecule has 0 atom stereocenters. The molecule has 0 unspecified atom stereocenters. The molecule has 0 aliphatic carbocycles. The minimum atomic E-state index is -0.151. The first-order chi connectivity index (χ1) is 13.3. The molecule has 0 saturated carbocycles. The topological polar surface area (TPSA) is 64.2 Å². The largest absolute Gasteiger partial charge is 0.486 e. The van der Waals surface area contributed by atoms with Crippen LogP contribution in [0.5, 0.6) is 11.5 Å². The van der Waals surface area contributed by atoms with E-state index in [2.05, 4.69) is 9.97 Å². The zero-order valence-electron chi connectivity index (χ0n) is 14.4. The van der Waals surface area contributed by atoms with Gasteiger partial charge in [-0.25, -0.2) is 0 Å². The highest BCUT2D eigenvalue weighted by Crippen LogP contribution is 2.31. The number of ketones is 1. The van der Waals surface area contributed by atoms with Gasteiger partial charge in [-0.15, -0.1) is 0 Å². The summed E-state index contributed by atoms with van der Waals surface area (Å²) < 4.78 is 11.1. The number of carbonyl (C=O) groups is 1. The van der Waals surface area contributed by atoms with Gasteiger partial charge < -0.3 is 14.5 Å². The van der Waals surface area contributed by atoms with E-state index in [1.807, 2.05) is 48.5 Å². The highest BCUT2D eigenvalue weighted by molar-refractivity contribution is 6.17. The number of carbonyl (C=O) groups excluding carboxylic acids is 1. The zero-order valence-corrected chi connectivity index (χ0v) is 14.4. The molecule has 27 heavy (non-hydrogen) atoms. The quantitative estimate of drug-likeness (QED) is 0.437. The molecule has 1 N–H and O–H groups in total. The van der Waals surface area contributed by atoms with Crippen LogP contribution in [0.3, 0.4) is 0 Å². The van der Waals surface area contributed by atoms with E-state index in [0.717, 1.165) is 33.1 Å². The molecule has 5 nitrogen and oxygen atoms in total. The molecule has 1 aliphatic rings. The number of nitrogens with zero attached hydrogens (tertiary/aromatic N) is 1. The standard InChI is InChI=1S/C22H16N2O3/c25-18(7-5-14-6-8-19-20(13-14)27-12-11-26-19)22-21-16(9-10-23-22)15-3-1-2-4-17(15)24-21/h1-10,13,24H,11-12H2/b7-5+. The van der Waals surface area contributed by atoms with Gasteiger partial charge in [0.25, 0.3) is 0 Å². The van der Waals surface area contributed by atoms with Crippen LogP contribution in [0.4, 0.5) is 0 Å². The Morgan fingerprint density at radius 2 is 1.85 bits per heavy atom. The number of nitrogens with one attached hydrogen (secondary N) is 1. The van der Waals surface area contributed by atoms with E-state index in [-0.39, 0.29) is 5.78 Å². The van der Waals surface area contributed by atoms with Crippen LogP contribution in [0.15, 0.2) is 60.8 Å². The summed E-state index contributed by atoms with van der Waals surface area (Å²) in [4.78, 5) is 20.4. The molecular formula is C22H16N2O3. The van der Waals surface area contributed by atoms with Crippen LogP contribution in [0, 0.1) is 0 Å². The summed E-state index contributed by atoms with van der Waals surface area (Å²) in [5, 5.41) is 2.08. The van der Waals surface area contributed by atoms with E-state index in [4.69, 9.17) is 9.47 Å². The molecule has 0 amide bonds. The molecule has 2 aromatic carbocycles. The molecule has 0 radical (unpaired) electrons. The molecule has 2 aromatic heterocycles. The van der Waals surface area contributed by atoms with Crippen LogP contribution < -0.4 is 9.47 Å². The molecule has 132 valence electrons. The average molecular weight is 356 g/mol. The lowest BCUT2D eigenvalue weighted by atomic mass is 10.1. The van der Waals surface area contributed by atoms with E-state index in [0.29, 0.717) is 24.7 Å². The van der Waals surface area contributed by atoms with Crippen molar-refractivity contribution in [3.8, 4) is 11.5 Å². The minimum Gasteiger partial charge on any atom is -0.486 e. The Labute approximate surface area is 155 Å². The lowest BCUT2D eigenvalue weighted by Gasteiger charge is -2.18. The van der Waals surface area contributed by atoms with Crippen molar-refractivity contribution in [1.29, 1.82) is 0 Å². The number of rotatable bonds is 3. The third-order valence-corrected chi connectivity index (χ3v) is 4.65. The number of pyridine rings is 1. The van der Waals surface area contributed by atoms with Crippen molar-refractivity contribution in [3.05, 3.63) is 72.1 Å². The Balaban J connectivity index is 1.50. The summed E-state index contributed by atoms with van der Waals surface area (Å²) in [6.45, 7) is 1.09. The first-order valence-corrected chi connectivity index (χ1v) is 8.77. The van der Waals surface area contributed by atoms with Crippen molar-refractivity contribution in [2.75, 3.05) is 13.2 Å². The van der Waals surface area contributed by atoms with Crippen LogP contribution in [0.1, 0.15) is 16.1 Å². The van der Waals surface area contributed by atoms with Crippen LogP contribution in [-0.4, -0.2) is 29.0 Å². The van der Waals surface area contributed by atoms with Crippen LogP contribution in [0.2, 0.25) is 0 Å². The molecule has 0 spiro atoms. The summed E-state index contributed by atoms with van der Waals surface area (Å²) in [6, 6.07) is 15.5. The van der Waals surface area contributed by atoms with E-state index in [9.17, 15) is 4.79 Å².